The van der Waals surface area contributed by atoms with Gasteiger partial charge in [-0.2, -0.15) is 0 Å². The number of amides is 1. The summed E-state index contributed by atoms with van der Waals surface area (Å²) in [6.45, 7) is 1.82. The normalized spacial score (nSPS) is 17.9. The Bertz CT molecular complexity index is 678. The van der Waals surface area contributed by atoms with Gasteiger partial charge in [-0.15, -0.1) is 12.4 Å². The number of nitrogens with one attached hydrogen (secondary N) is 2. The Morgan fingerprint density at radius 3 is 2.56 bits per heavy atom. The van der Waals surface area contributed by atoms with E-state index in [0.29, 0.717) is 5.75 Å². The predicted octanol–water partition coefficient (Wildman–Crippen LogP) is 3.86. The highest BCUT2D eigenvalue weighted by Gasteiger charge is 2.26. The molecule has 1 heterocycles. The third-order valence-corrected chi connectivity index (χ3v) is 4.72. The number of para-hydroxylation sites is 1. The molecule has 0 aromatic heterocycles. The summed E-state index contributed by atoms with van der Waals surface area (Å²) in [7, 11) is 0. The Hall–Kier alpha value is -1.56. The largest absolute Gasteiger partial charge is 0.475 e. The number of carbonyl (C=O) groups excluding carboxylic acids is 1. The molecule has 25 heavy (non-hydrogen) atoms. The van der Waals surface area contributed by atoms with E-state index in [1.807, 2.05) is 54.6 Å². The highest BCUT2D eigenvalue weighted by Crippen LogP contribution is 2.29. The van der Waals surface area contributed by atoms with Crippen molar-refractivity contribution in [3.63, 3.8) is 0 Å². The van der Waals surface area contributed by atoms with Crippen LogP contribution >= 0.6 is 28.3 Å². The molecule has 4 nitrogen and oxygen atoms in total. The maximum atomic E-state index is 12.8. The van der Waals surface area contributed by atoms with Crippen LogP contribution in [-0.2, 0) is 4.79 Å². The first-order valence-electron chi connectivity index (χ1n) is 8.21. The number of ether oxygens (including phenoxy) is 1. The average Bonchev–Trinajstić information content (AvgIpc) is 2.62. The monoisotopic (exact) mass is 424 g/mol. The van der Waals surface area contributed by atoms with Gasteiger partial charge in [0.25, 0.3) is 5.91 Å². The highest BCUT2D eigenvalue weighted by atomic mass is 79.9. The molecule has 2 N–H and O–H groups in total. The fraction of sp³-hybridized carbons (Fsp3) is 0.316. The highest BCUT2D eigenvalue weighted by molar-refractivity contribution is 9.10. The Morgan fingerprint density at radius 1 is 1.16 bits per heavy atom. The first kappa shape index (κ1) is 19.8. The number of carbonyl (C=O) groups is 1. The van der Waals surface area contributed by atoms with E-state index in [4.69, 9.17) is 4.74 Å². The minimum atomic E-state index is -0.674. The fourth-order valence-electron chi connectivity index (χ4n) is 2.82. The number of hydrogen-bond acceptors (Lipinski definition) is 3. The van der Waals surface area contributed by atoms with Crippen LogP contribution in [0.2, 0.25) is 0 Å². The van der Waals surface area contributed by atoms with Crippen LogP contribution in [0.4, 0.5) is 0 Å². The Morgan fingerprint density at radius 2 is 1.88 bits per heavy atom. The van der Waals surface area contributed by atoms with E-state index in [-0.39, 0.29) is 24.4 Å². The van der Waals surface area contributed by atoms with Crippen molar-refractivity contribution in [1.82, 2.24) is 10.6 Å². The lowest BCUT2D eigenvalue weighted by Gasteiger charge is -2.27. The third kappa shape index (κ3) is 5.46. The van der Waals surface area contributed by atoms with Crippen molar-refractivity contribution in [2.45, 2.75) is 25.0 Å². The van der Waals surface area contributed by atoms with E-state index in [1.54, 1.807) is 0 Å². The minimum absolute atomic E-state index is 0. The van der Waals surface area contributed by atoms with Crippen molar-refractivity contribution in [2.75, 3.05) is 13.1 Å². The van der Waals surface area contributed by atoms with Gasteiger partial charge in [-0.05, 0) is 47.4 Å². The van der Waals surface area contributed by atoms with Gasteiger partial charge in [-0.1, -0.05) is 42.5 Å². The zero-order valence-corrected chi connectivity index (χ0v) is 16.2. The van der Waals surface area contributed by atoms with Crippen LogP contribution in [0.3, 0.4) is 0 Å². The van der Waals surface area contributed by atoms with Gasteiger partial charge in [0.1, 0.15) is 5.75 Å². The molecule has 134 valence electrons. The van der Waals surface area contributed by atoms with Crippen molar-refractivity contribution < 1.29 is 9.53 Å². The average molecular weight is 426 g/mol. The zero-order chi connectivity index (χ0) is 16.8. The van der Waals surface area contributed by atoms with E-state index in [2.05, 4.69) is 26.6 Å². The van der Waals surface area contributed by atoms with Crippen molar-refractivity contribution in [3.8, 4) is 5.75 Å². The first-order chi connectivity index (χ1) is 11.7. The smallest absolute Gasteiger partial charge is 0.266 e. The summed E-state index contributed by atoms with van der Waals surface area (Å²) < 4.78 is 6.89. The lowest BCUT2D eigenvalue weighted by molar-refractivity contribution is -0.129. The van der Waals surface area contributed by atoms with Crippen molar-refractivity contribution in [3.05, 3.63) is 64.6 Å². The lowest BCUT2D eigenvalue weighted by Crippen LogP contribution is -2.47. The fourth-order valence-corrected chi connectivity index (χ4v) is 3.20. The molecule has 1 aliphatic heterocycles. The van der Waals surface area contributed by atoms with Gasteiger partial charge in [-0.25, -0.2) is 0 Å². The van der Waals surface area contributed by atoms with E-state index in [9.17, 15) is 4.79 Å². The van der Waals surface area contributed by atoms with Crippen LogP contribution in [0, 0.1) is 0 Å². The Kier molecular flexibility index (Phi) is 7.75. The molecule has 2 atom stereocenters. The second-order valence-electron chi connectivity index (χ2n) is 5.89. The van der Waals surface area contributed by atoms with Crippen LogP contribution in [0.15, 0.2) is 59.1 Å². The summed E-state index contributed by atoms with van der Waals surface area (Å²) in [5, 5.41) is 6.43. The molecule has 0 saturated carbocycles. The van der Waals surface area contributed by atoms with Crippen LogP contribution in [0.5, 0.6) is 5.75 Å². The van der Waals surface area contributed by atoms with Crippen LogP contribution in [0.1, 0.15) is 24.5 Å². The Balaban J connectivity index is 0.00000225. The predicted molar refractivity (Wildman–Crippen MR) is 105 cm³/mol. The molecule has 1 saturated heterocycles. The molecule has 2 unspecified atom stereocenters. The molecule has 2 aromatic rings. The molecule has 1 amide bonds. The van der Waals surface area contributed by atoms with Crippen LogP contribution in [0.25, 0.3) is 0 Å². The van der Waals surface area contributed by atoms with Crippen LogP contribution < -0.4 is 15.4 Å². The van der Waals surface area contributed by atoms with Crippen LogP contribution in [-0.4, -0.2) is 25.0 Å². The number of rotatable bonds is 5. The van der Waals surface area contributed by atoms with Crippen molar-refractivity contribution >= 4 is 34.2 Å². The molecule has 3 rings (SSSR count). The molecule has 1 aliphatic rings. The SMILES string of the molecule is Cl.O=C(NC1CCCNC1)C(Oc1ccccc1Br)c1ccccc1. The van der Waals surface area contributed by atoms with E-state index in [1.165, 1.54) is 0 Å². The van der Waals surface area contributed by atoms with Gasteiger partial charge in [0.15, 0.2) is 0 Å². The van der Waals surface area contributed by atoms with Gasteiger partial charge in [0.2, 0.25) is 6.10 Å². The summed E-state index contributed by atoms with van der Waals surface area (Å²) in [5.74, 6) is 0.550. The quantitative estimate of drug-likeness (QED) is 0.765. The maximum Gasteiger partial charge on any atom is 0.266 e. The molecule has 6 heteroatoms. The molecule has 0 radical (unpaired) electrons. The van der Waals surface area contributed by atoms with Gasteiger partial charge < -0.3 is 15.4 Å². The topological polar surface area (TPSA) is 50.4 Å². The number of benzene rings is 2. The van der Waals surface area contributed by atoms with Crippen molar-refractivity contribution in [1.29, 1.82) is 0 Å². The molecule has 2 aromatic carbocycles. The third-order valence-electron chi connectivity index (χ3n) is 4.07. The summed E-state index contributed by atoms with van der Waals surface area (Å²) in [4.78, 5) is 12.8. The van der Waals surface area contributed by atoms with E-state index >= 15 is 0 Å². The van der Waals surface area contributed by atoms with Gasteiger partial charge in [0, 0.05) is 18.2 Å². The minimum Gasteiger partial charge on any atom is -0.475 e. The standard InChI is InChI=1S/C19H21BrN2O2.ClH/c20-16-10-4-5-11-17(16)24-18(14-7-2-1-3-8-14)19(23)22-15-9-6-12-21-13-15;/h1-5,7-8,10-11,15,18,21H,6,9,12-13H2,(H,22,23);1H. The van der Waals surface area contributed by atoms with Gasteiger partial charge >= 0.3 is 0 Å². The number of piperidine rings is 1. The van der Waals surface area contributed by atoms with Crippen molar-refractivity contribution in [2.24, 2.45) is 0 Å². The number of hydrogen-bond donors (Lipinski definition) is 2. The second-order valence-corrected chi connectivity index (χ2v) is 6.75. The summed E-state index contributed by atoms with van der Waals surface area (Å²) in [6, 6.07) is 17.3. The summed E-state index contributed by atoms with van der Waals surface area (Å²) >= 11 is 3.48. The molecule has 0 spiro atoms. The molecular weight excluding hydrogens is 404 g/mol. The van der Waals surface area contributed by atoms with E-state index < -0.39 is 6.10 Å². The first-order valence-corrected chi connectivity index (χ1v) is 9.00. The summed E-state index contributed by atoms with van der Waals surface area (Å²) in [5.41, 5.74) is 0.842. The number of halogens is 2. The molecular formula is C19H22BrClN2O2. The lowest BCUT2D eigenvalue weighted by atomic mass is 10.1. The zero-order valence-electron chi connectivity index (χ0n) is 13.8. The summed E-state index contributed by atoms with van der Waals surface area (Å²) in [6.07, 6.45) is 1.40. The molecule has 0 aliphatic carbocycles. The molecule has 1 fully saturated rings. The second kappa shape index (κ2) is 9.80. The van der Waals surface area contributed by atoms with Gasteiger partial charge in [-0.3, -0.25) is 4.79 Å². The van der Waals surface area contributed by atoms with Gasteiger partial charge in [0.05, 0.1) is 4.47 Å². The van der Waals surface area contributed by atoms with E-state index in [0.717, 1.165) is 36.0 Å². The maximum absolute atomic E-state index is 12.8. The molecule has 0 bridgehead atoms. The Labute approximate surface area is 162 Å².